The number of nitro groups is 1. The van der Waals surface area contributed by atoms with E-state index in [0.717, 1.165) is 36.4 Å². The van der Waals surface area contributed by atoms with Crippen LogP contribution in [0.2, 0.25) is 0 Å². The molecule has 2 rings (SSSR count). The molecule has 0 aromatic heterocycles. The van der Waals surface area contributed by atoms with Gasteiger partial charge in [-0.05, 0) is 31.4 Å². The fraction of sp³-hybridized carbons (Fsp3) is 0.500. The average Bonchev–Trinajstić information content (AvgIpc) is 2.36. The monoisotopic (exact) mass is 299 g/mol. The molecule has 1 aliphatic rings. The van der Waals surface area contributed by atoms with Gasteiger partial charge in [0.2, 0.25) is 0 Å². The van der Waals surface area contributed by atoms with E-state index in [9.17, 15) is 10.1 Å². The lowest BCUT2D eigenvalue weighted by atomic mass is 10.1. The Labute approximate surface area is 120 Å². The van der Waals surface area contributed by atoms with Gasteiger partial charge in [-0.3, -0.25) is 14.8 Å². The van der Waals surface area contributed by atoms with Crippen LogP contribution in [0, 0.1) is 17.0 Å². The van der Waals surface area contributed by atoms with Crippen molar-refractivity contribution in [3.05, 3.63) is 27.8 Å². The third kappa shape index (κ3) is 3.59. The summed E-state index contributed by atoms with van der Waals surface area (Å²) < 4.78 is 2.19. The highest BCUT2D eigenvalue weighted by atomic mass is 32.1. The smallest absolute Gasteiger partial charge is 0.292 e. The summed E-state index contributed by atoms with van der Waals surface area (Å²) in [5.74, 6) is 0. The minimum atomic E-state index is -0.340. The summed E-state index contributed by atoms with van der Waals surface area (Å²) in [6.07, 6.45) is 1.97. The van der Waals surface area contributed by atoms with E-state index in [1.807, 2.05) is 6.92 Å². The van der Waals surface area contributed by atoms with E-state index in [-0.39, 0.29) is 16.7 Å². The average molecular weight is 299 g/mol. The number of aryl methyl sites for hydroxylation is 1. The summed E-state index contributed by atoms with van der Waals surface area (Å²) in [5, 5.41) is 14.4. The fourth-order valence-electron chi connectivity index (χ4n) is 2.21. The molecule has 104 valence electrons. The predicted octanol–water partition coefficient (Wildman–Crippen LogP) is 2.86. The first kappa shape index (κ1) is 14.6. The molecule has 1 unspecified atom stereocenters. The van der Waals surface area contributed by atoms with Gasteiger partial charge in [-0.2, -0.15) is 0 Å². The zero-order valence-electron chi connectivity index (χ0n) is 10.8. The van der Waals surface area contributed by atoms with Crippen molar-refractivity contribution in [3.63, 3.8) is 0 Å². The maximum atomic E-state index is 11.1. The number of hydrogen-bond donors (Lipinski definition) is 2. The van der Waals surface area contributed by atoms with E-state index in [1.165, 1.54) is 0 Å². The normalized spacial score (nSPS) is 17.4. The molecular weight excluding hydrogens is 281 g/mol. The van der Waals surface area contributed by atoms with Crippen LogP contribution >= 0.6 is 22.0 Å². The van der Waals surface area contributed by atoms with Gasteiger partial charge in [0.25, 0.3) is 5.69 Å². The predicted molar refractivity (Wildman–Crippen MR) is 83.0 cm³/mol. The van der Waals surface area contributed by atoms with Gasteiger partial charge < -0.3 is 5.32 Å². The van der Waals surface area contributed by atoms with Crippen LogP contribution in [0.4, 0.5) is 11.4 Å². The van der Waals surface area contributed by atoms with E-state index < -0.39 is 0 Å². The molecule has 1 N–H and O–H groups in total. The number of thiol groups is 1. The lowest BCUT2D eigenvalue weighted by Crippen LogP contribution is -2.34. The van der Waals surface area contributed by atoms with Gasteiger partial charge in [-0.1, -0.05) is 9.39 Å². The second kappa shape index (κ2) is 6.07. The fourth-order valence-corrected chi connectivity index (χ4v) is 2.70. The highest BCUT2D eigenvalue weighted by Gasteiger charge is 2.21. The van der Waals surface area contributed by atoms with Crippen molar-refractivity contribution in [2.24, 2.45) is 0 Å². The van der Waals surface area contributed by atoms with Crippen LogP contribution in [0.5, 0.6) is 0 Å². The molecular formula is C12H18N3O2PS. The van der Waals surface area contributed by atoms with Crippen molar-refractivity contribution >= 4 is 33.4 Å². The second-order valence-corrected chi connectivity index (χ2v) is 6.08. The molecule has 1 atom stereocenters. The molecule has 1 heterocycles. The molecule has 7 heteroatoms. The Bertz CT molecular complexity index is 490. The number of piperidine rings is 1. The zero-order chi connectivity index (χ0) is 14.0. The number of rotatable bonds is 3. The number of nitrogens with one attached hydrogen (secondary N) is 1. The second-order valence-electron chi connectivity index (χ2n) is 4.87. The van der Waals surface area contributed by atoms with E-state index in [1.54, 1.807) is 12.1 Å². The quantitative estimate of drug-likeness (QED) is 0.390. The Balaban J connectivity index is 2.19. The molecule has 19 heavy (non-hydrogen) atoms. The number of hydrogen-bond acceptors (Lipinski definition) is 5. The lowest BCUT2D eigenvalue weighted by molar-refractivity contribution is -0.384. The van der Waals surface area contributed by atoms with Gasteiger partial charge in [0.05, 0.1) is 4.92 Å². The Morgan fingerprint density at radius 1 is 1.47 bits per heavy atom. The van der Waals surface area contributed by atoms with Gasteiger partial charge in [-0.25, -0.2) is 0 Å². The molecule has 0 aliphatic carbocycles. The van der Waals surface area contributed by atoms with Gasteiger partial charge in [0, 0.05) is 30.1 Å². The summed E-state index contributed by atoms with van der Waals surface area (Å²) in [4.78, 5) is 11.5. The Morgan fingerprint density at radius 2 is 2.11 bits per heavy atom. The van der Waals surface area contributed by atoms with E-state index in [0.29, 0.717) is 5.69 Å². The van der Waals surface area contributed by atoms with Crippen LogP contribution in [0.3, 0.4) is 0 Å². The number of benzene rings is 1. The zero-order valence-corrected chi connectivity index (χ0v) is 12.8. The van der Waals surface area contributed by atoms with Gasteiger partial charge in [0.15, 0.2) is 0 Å². The summed E-state index contributed by atoms with van der Waals surface area (Å²) in [7, 11) is 2.69. The SMILES string of the molecule is Cc1cc([N+](=O)[O-])c(NC2CCN(P)CC2)cc1S. The van der Waals surface area contributed by atoms with Crippen molar-refractivity contribution in [2.75, 3.05) is 18.4 Å². The third-order valence-corrected chi connectivity index (χ3v) is 4.40. The number of anilines is 1. The van der Waals surface area contributed by atoms with Crippen molar-refractivity contribution in [2.45, 2.75) is 30.7 Å². The summed E-state index contributed by atoms with van der Waals surface area (Å²) in [6.45, 7) is 3.79. The molecule has 0 spiro atoms. The summed E-state index contributed by atoms with van der Waals surface area (Å²) >= 11 is 4.34. The van der Waals surface area contributed by atoms with Crippen molar-refractivity contribution in [1.82, 2.24) is 4.67 Å². The van der Waals surface area contributed by atoms with Crippen LogP contribution in [0.15, 0.2) is 17.0 Å². The minimum absolute atomic E-state index is 0.128. The van der Waals surface area contributed by atoms with Crippen molar-refractivity contribution in [3.8, 4) is 0 Å². The number of nitrogens with zero attached hydrogens (tertiary/aromatic N) is 2. The van der Waals surface area contributed by atoms with E-state index >= 15 is 0 Å². The maximum Gasteiger partial charge on any atom is 0.292 e. The molecule has 0 radical (unpaired) electrons. The molecule has 1 aromatic rings. The molecule has 0 amide bonds. The van der Waals surface area contributed by atoms with Crippen LogP contribution in [-0.4, -0.2) is 28.7 Å². The first-order chi connectivity index (χ1) is 8.97. The van der Waals surface area contributed by atoms with Crippen molar-refractivity contribution in [1.29, 1.82) is 0 Å². The summed E-state index contributed by atoms with van der Waals surface area (Å²) in [6, 6.07) is 3.62. The molecule has 0 saturated carbocycles. The van der Waals surface area contributed by atoms with Crippen molar-refractivity contribution < 1.29 is 4.92 Å². The van der Waals surface area contributed by atoms with Gasteiger partial charge in [-0.15, -0.1) is 12.6 Å². The molecule has 5 nitrogen and oxygen atoms in total. The molecule has 1 fully saturated rings. The lowest BCUT2D eigenvalue weighted by Gasteiger charge is -2.29. The topological polar surface area (TPSA) is 58.4 Å². The first-order valence-electron chi connectivity index (χ1n) is 6.21. The molecule has 1 aliphatic heterocycles. The van der Waals surface area contributed by atoms with E-state index in [2.05, 4.69) is 32.0 Å². The molecule has 1 saturated heterocycles. The van der Waals surface area contributed by atoms with Crippen LogP contribution in [0.1, 0.15) is 18.4 Å². The highest BCUT2D eigenvalue weighted by molar-refractivity contribution is 7.80. The minimum Gasteiger partial charge on any atom is -0.377 e. The number of nitro benzene ring substituents is 1. The van der Waals surface area contributed by atoms with E-state index in [4.69, 9.17) is 0 Å². The maximum absolute atomic E-state index is 11.1. The Morgan fingerprint density at radius 3 is 2.68 bits per heavy atom. The Hall–Kier alpha value is -0.840. The van der Waals surface area contributed by atoms with Gasteiger partial charge >= 0.3 is 0 Å². The Kier molecular flexibility index (Phi) is 4.66. The largest absolute Gasteiger partial charge is 0.377 e. The van der Waals surface area contributed by atoms with Crippen LogP contribution in [0.25, 0.3) is 0 Å². The third-order valence-electron chi connectivity index (χ3n) is 3.40. The highest BCUT2D eigenvalue weighted by Crippen LogP contribution is 2.31. The first-order valence-corrected chi connectivity index (χ1v) is 7.18. The van der Waals surface area contributed by atoms with Crippen LogP contribution < -0.4 is 5.32 Å². The van der Waals surface area contributed by atoms with Crippen LogP contribution in [-0.2, 0) is 0 Å². The van der Waals surface area contributed by atoms with Gasteiger partial charge in [0.1, 0.15) is 5.69 Å². The molecule has 1 aromatic carbocycles. The standard InChI is InChI=1S/C12H18N3O2PS/c1-8-6-11(15(16)17)10(7-12(8)19)13-9-2-4-14(18)5-3-9/h6-7,9,13,19H,2-5,18H2,1H3. The summed E-state index contributed by atoms with van der Waals surface area (Å²) in [5.41, 5.74) is 1.52. The molecule has 0 bridgehead atoms.